The van der Waals surface area contributed by atoms with Gasteiger partial charge >= 0.3 is 0 Å². The second-order valence-corrected chi connectivity index (χ2v) is 5.04. The van der Waals surface area contributed by atoms with Gasteiger partial charge in [-0.2, -0.15) is 0 Å². The van der Waals surface area contributed by atoms with Crippen LogP contribution in [0.2, 0.25) is 0 Å². The van der Waals surface area contributed by atoms with E-state index in [-0.39, 0.29) is 5.91 Å². The normalized spacial score (nSPS) is 9.95. The second kappa shape index (κ2) is 8.19. The molecule has 1 amide bonds. The van der Waals surface area contributed by atoms with Crippen molar-refractivity contribution < 1.29 is 4.79 Å². The Balaban J connectivity index is 2.18. The summed E-state index contributed by atoms with van der Waals surface area (Å²) in [4.78, 5) is 15.6. The van der Waals surface area contributed by atoms with E-state index in [1.54, 1.807) is 12.3 Å². The molecule has 0 saturated carbocycles. The second-order valence-electron chi connectivity index (χ2n) is 5.04. The minimum absolute atomic E-state index is 0.0254. The van der Waals surface area contributed by atoms with Gasteiger partial charge < -0.3 is 16.4 Å². The Hall–Kier alpha value is -2.04. The van der Waals surface area contributed by atoms with Crippen LogP contribution in [0.25, 0.3) is 0 Å². The molecule has 0 fully saturated rings. The zero-order chi connectivity index (χ0) is 15.0. The van der Waals surface area contributed by atoms with E-state index >= 15 is 0 Å². The van der Waals surface area contributed by atoms with Crippen LogP contribution in [-0.2, 0) is 4.79 Å². The van der Waals surface area contributed by atoms with E-state index in [1.165, 1.54) is 0 Å². The lowest BCUT2D eigenvalue weighted by atomic mass is 10.2. The number of nitrogens with two attached hydrogens (primary N) is 1. The Morgan fingerprint density at radius 2 is 2.05 bits per heavy atom. The van der Waals surface area contributed by atoms with Crippen molar-refractivity contribution in [1.29, 1.82) is 0 Å². The predicted molar refractivity (Wildman–Crippen MR) is 83.6 cm³/mol. The molecule has 0 bridgehead atoms. The van der Waals surface area contributed by atoms with Gasteiger partial charge in [-0.15, -0.1) is 0 Å². The molecule has 1 aromatic rings. The largest absolute Gasteiger partial charge is 0.396 e. The average Bonchev–Trinajstić information content (AvgIpc) is 2.37. The standard InChI is InChI=1S/C15H24N4O/c1-11(2)10-13(20)17-7-4-5-8-18-15-14(16)12(3)6-9-19-15/h6,9-10H,4-5,7-8,16H2,1-3H3,(H,17,20)(H,18,19). The lowest BCUT2D eigenvalue weighted by molar-refractivity contribution is -0.116. The van der Waals surface area contributed by atoms with Gasteiger partial charge in [-0.3, -0.25) is 4.79 Å². The predicted octanol–water partition coefficient (Wildman–Crippen LogP) is 2.25. The van der Waals surface area contributed by atoms with Crippen molar-refractivity contribution in [3.05, 3.63) is 29.5 Å². The van der Waals surface area contributed by atoms with E-state index in [0.29, 0.717) is 12.2 Å². The van der Waals surface area contributed by atoms with Crippen LogP contribution in [0, 0.1) is 6.92 Å². The molecule has 1 rings (SSSR count). The Morgan fingerprint density at radius 3 is 2.75 bits per heavy atom. The molecule has 0 aliphatic heterocycles. The molecule has 0 aliphatic carbocycles. The average molecular weight is 276 g/mol. The maximum Gasteiger partial charge on any atom is 0.243 e. The van der Waals surface area contributed by atoms with E-state index in [4.69, 9.17) is 5.73 Å². The van der Waals surface area contributed by atoms with E-state index in [9.17, 15) is 4.79 Å². The number of allylic oxidation sites excluding steroid dienone is 1. The Morgan fingerprint density at radius 1 is 1.35 bits per heavy atom. The number of hydrogen-bond acceptors (Lipinski definition) is 4. The number of aryl methyl sites for hydroxylation is 1. The lowest BCUT2D eigenvalue weighted by Gasteiger charge is -2.09. The van der Waals surface area contributed by atoms with Crippen LogP contribution < -0.4 is 16.4 Å². The molecule has 0 aromatic carbocycles. The molecule has 1 aromatic heterocycles. The maximum absolute atomic E-state index is 11.4. The number of unbranched alkanes of at least 4 members (excludes halogenated alkanes) is 1. The Kier molecular flexibility index (Phi) is 6.56. The molecular weight excluding hydrogens is 252 g/mol. The molecule has 0 saturated heterocycles. The minimum atomic E-state index is -0.0254. The fourth-order valence-electron chi connectivity index (χ4n) is 1.69. The lowest BCUT2D eigenvalue weighted by Crippen LogP contribution is -2.22. The molecular formula is C15H24N4O. The third-order valence-electron chi connectivity index (χ3n) is 2.82. The quantitative estimate of drug-likeness (QED) is 0.527. The zero-order valence-electron chi connectivity index (χ0n) is 12.5. The third kappa shape index (κ3) is 5.73. The minimum Gasteiger partial charge on any atom is -0.396 e. The number of carbonyl (C=O) groups is 1. The van der Waals surface area contributed by atoms with Crippen molar-refractivity contribution in [3.8, 4) is 0 Å². The summed E-state index contributed by atoms with van der Waals surface area (Å²) >= 11 is 0. The fraction of sp³-hybridized carbons (Fsp3) is 0.467. The highest BCUT2D eigenvalue weighted by Crippen LogP contribution is 2.18. The highest BCUT2D eigenvalue weighted by molar-refractivity contribution is 5.87. The first kappa shape index (κ1) is 16.0. The first-order valence-corrected chi connectivity index (χ1v) is 6.88. The summed E-state index contributed by atoms with van der Waals surface area (Å²) < 4.78 is 0. The monoisotopic (exact) mass is 276 g/mol. The van der Waals surface area contributed by atoms with Gasteiger partial charge in [0, 0.05) is 25.4 Å². The molecule has 1 heterocycles. The number of nitrogens with zero attached hydrogens (tertiary/aromatic N) is 1. The van der Waals surface area contributed by atoms with Crippen LogP contribution >= 0.6 is 0 Å². The summed E-state index contributed by atoms with van der Waals surface area (Å²) in [6, 6.07) is 1.89. The molecule has 0 aliphatic rings. The first-order valence-electron chi connectivity index (χ1n) is 6.88. The van der Waals surface area contributed by atoms with Crippen LogP contribution in [-0.4, -0.2) is 24.0 Å². The number of carbonyl (C=O) groups excluding carboxylic acids is 1. The summed E-state index contributed by atoms with van der Waals surface area (Å²) in [6.45, 7) is 7.24. The van der Waals surface area contributed by atoms with Crippen molar-refractivity contribution in [2.45, 2.75) is 33.6 Å². The van der Waals surface area contributed by atoms with Gasteiger partial charge in [0.2, 0.25) is 5.91 Å². The van der Waals surface area contributed by atoms with Crippen LogP contribution in [0.15, 0.2) is 23.9 Å². The van der Waals surface area contributed by atoms with Crippen molar-refractivity contribution >= 4 is 17.4 Å². The highest BCUT2D eigenvalue weighted by Gasteiger charge is 2.01. The van der Waals surface area contributed by atoms with Gasteiger partial charge in [-0.05, 0) is 45.2 Å². The van der Waals surface area contributed by atoms with E-state index in [0.717, 1.165) is 36.3 Å². The Bertz CT molecular complexity index is 479. The van der Waals surface area contributed by atoms with E-state index in [2.05, 4.69) is 15.6 Å². The molecule has 0 radical (unpaired) electrons. The fourth-order valence-corrected chi connectivity index (χ4v) is 1.69. The van der Waals surface area contributed by atoms with Crippen molar-refractivity contribution in [1.82, 2.24) is 10.3 Å². The topological polar surface area (TPSA) is 80.0 Å². The summed E-state index contributed by atoms with van der Waals surface area (Å²) in [7, 11) is 0. The summed E-state index contributed by atoms with van der Waals surface area (Å²) in [5.74, 6) is 0.709. The molecule has 0 spiro atoms. The Labute approximate surface area is 120 Å². The van der Waals surface area contributed by atoms with Crippen molar-refractivity contribution in [2.24, 2.45) is 0 Å². The van der Waals surface area contributed by atoms with E-state index in [1.807, 2.05) is 26.8 Å². The molecule has 5 heteroatoms. The van der Waals surface area contributed by atoms with Gasteiger partial charge in [0.1, 0.15) is 5.82 Å². The number of pyridine rings is 1. The van der Waals surface area contributed by atoms with E-state index < -0.39 is 0 Å². The molecule has 5 nitrogen and oxygen atoms in total. The zero-order valence-corrected chi connectivity index (χ0v) is 12.5. The van der Waals surface area contributed by atoms with Gasteiger partial charge in [0.15, 0.2) is 0 Å². The van der Waals surface area contributed by atoms with Crippen molar-refractivity contribution in [3.63, 3.8) is 0 Å². The van der Waals surface area contributed by atoms with Gasteiger partial charge in [0.25, 0.3) is 0 Å². The molecule has 110 valence electrons. The number of rotatable bonds is 7. The summed E-state index contributed by atoms with van der Waals surface area (Å²) in [5.41, 5.74) is 8.65. The van der Waals surface area contributed by atoms with Gasteiger partial charge in [0.05, 0.1) is 5.69 Å². The molecule has 0 unspecified atom stereocenters. The first-order chi connectivity index (χ1) is 9.50. The van der Waals surface area contributed by atoms with Gasteiger partial charge in [-0.25, -0.2) is 4.98 Å². The SMILES string of the molecule is CC(C)=CC(=O)NCCCCNc1nccc(C)c1N. The molecule has 20 heavy (non-hydrogen) atoms. The number of amides is 1. The molecule has 4 N–H and O–H groups in total. The smallest absolute Gasteiger partial charge is 0.243 e. The van der Waals surface area contributed by atoms with Crippen LogP contribution in [0.4, 0.5) is 11.5 Å². The number of aromatic nitrogens is 1. The van der Waals surface area contributed by atoms with Gasteiger partial charge in [-0.1, -0.05) is 5.57 Å². The summed E-state index contributed by atoms with van der Waals surface area (Å²) in [5, 5.41) is 6.06. The summed E-state index contributed by atoms with van der Waals surface area (Å²) in [6.07, 6.45) is 5.22. The van der Waals surface area contributed by atoms with Crippen LogP contribution in [0.1, 0.15) is 32.3 Å². The van der Waals surface area contributed by atoms with Crippen molar-refractivity contribution in [2.75, 3.05) is 24.1 Å². The highest BCUT2D eigenvalue weighted by atomic mass is 16.1. The number of nitrogens with one attached hydrogen (secondary N) is 2. The third-order valence-corrected chi connectivity index (χ3v) is 2.82. The number of hydrogen-bond donors (Lipinski definition) is 3. The number of anilines is 2. The molecule has 0 atom stereocenters. The number of nitrogen functional groups attached to an aromatic ring is 1. The van der Waals surface area contributed by atoms with Crippen LogP contribution in [0.5, 0.6) is 0 Å². The maximum atomic E-state index is 11.4. The van der Waals surface area contributed by atoms with Crippen LogP contribution in [0.3, 0.4) is 0 Å².